The van der Waals surface area contributed by atoms with E-state index in [0.717, 1.165) is 6.42 Å². The first kappa shape index (κ1) is 16.3. The van der Waals surface area contributed by atoms with Gasteiger partial charge in [0.15, 0.2) is 0 Å². The molecule has 0 aliphatic heterocycles. The van der Waals surface area contributed by atoms with E-state index in [2.05, 4.69) is 24.3 Å². The lowest BCUT2D eigenvalue weighted by molar-refractivity contribution is 0.182. The molecule has 21 heavy (non-hydrogen) atoms. The van der Waals surface area contributed by atoms with E-state index in [9.17, 15) is 4.79 Å². The number of nitrogens with one attached hydrogen (secondary N) is 1. The fourth-order valence-electron chi connectivity index (χ4n) is 2.85. The van der Waals surface area contributed by atoms with E-state index in [1.807, 2.05) is 0 Å². The first-order valence-corrected chi connectivity index (χ1v) is 7.84. The number of hydrogen-bond donors (Lipinski definition) is 1. The average molecular weight is 314 g/mol. The quantitative estimate of drug-likeness (QED) is 0.908. The van der Waals surface area contributed by atoms with Gasteiger partial charge in [0.05, 0.1) is 25.0 Å². The summed E-state index contributed by atoms with van der Waals surface area (Å²) in [6, 6.07) is 0.319. The van der Waals surface area contributed by atoms with Gasteiger partial charge in [-0.3, -0.25) is 4.79 Å². The Hall–Kier alpha value is -1.07. The van der Waals surface area contributed by atoms with Crippen molar-refractivity contribution in [1.82, 2.24) is 9.78 Å². The Morgan fingerprint density at radius 1 is 1.52 bits per heavy atom. The lowest BCUT2D eigenvalue weighted by atomic mass is 9.73. The Morgan fingerprint density at radius 2 is 2.29 bits per heavy atom. The molecule has 0 amide bonds. The Morgan fingerprint density at radius 3 is 2.95 bits per heavy atom. The number of methoxy groups -OCH3 is 1. The topological polar surface area (TPSA) is 56.1 Å². The highest BCUT2D eigenvalue weighted by Crippen LogP contribution is 2.37. The molecule has 1 aromatic rings. The number of hydrogen-bond acceptors (Lipinski definition) is 4. The van der Waals surface area contributed by atoms with Crippen molar-refractivity contribution in [3.8, 4) is 0 Å². The third-order valence-electron chi connectivity index (χ3n) is 4.33. The molecule has 1 aliphatic rings. The molecule has 6 heteroatoms. The summed E-state index contributed by atoms with van der Waals surface area (Å²) in [6.07, 6.45) is 6.38. The fourth-order valence-corrected chi connectivity index (χ4v) is 3.05. The predicted molar refractivity (Wildman–Crippen MR) is 85.0 cm³/mol. The Labute approximate surface area is 130 Å². The van der Waals surface area contributed by atoms with Crippen LogP contribution in [-0.4, -0.2) is 29.5 Å². The SMILES string of the molecule is COCCn1ncc(NC2CCCCC2(C)C)c(Cl)c1=O. The summed E-state index contributed by atoms with van der Waals surface area (Å²) in [5.74, 6) is 0. The monoisotopic (exact) mass is 313 g/mol. The van der Waals surface area contributed by atoms with Gasteiger partial charge < -0.3 is 10.1 Å². The average Bonchev–Trinajstić information content (AvgIpc) is 2.45. The third-order valence-corrected chi connectivity index (χ3v) is 4.69. The van der Waals surface area contributed by atoms with Gasteiger partial charge in [-0.05, 0) is 18.3 Å². The van der Waals surface area contributed by atoms with E-state index in [4.69, 9.17) is 16.3 Å². The molecule has 5 nitrogen and oxygen atoms in total. The lowest BCUT2D eigenvalue weighted by Gasteiger charge is -2.39. The molecule has 1 saturated carbocycles. The summed E-state index contributed by atoms with van der Waals surface area (Å²) >= 11 is 6.21. The summed E-state index contributed by atoms with van der Waals surface area (Å²) in [6.45, 7) is 5.35. The van der Waals surface area contributed by atoms with Crippen LogP contribution in [0.15, 0.2) is 11.0 Å². The Bertz CT molecular complexity index is 542. The van der Waals surface area contributed by atoms with Crippen molar-refractivity contribution in [3.05, 3.63) is 21.6 Å². The van der Waals surface area contributed by atoms with E-state index in [1.54, 1.807) is 13.3 Å². The van der Waals surface area contributed by atoms with Crippen LogP contribution < -0.4 is 10.9 Å². The minimum absolute atomic E-state index is 0.201. The van der Waals surface area contributed by atoms with Gasteiger partial charge in [-0.25, -0.2) is 4.68 Å². The van der Waals surface area contributed by atoms with Crippen molar-refractivity contribution < 1.29 is 4.74 Å². The van der Waals surface area contributed by atoms with Crippen LogP contribution in [0.4, 0.5) is 5.69 Å². The number of aromatic nitrogens is 2. The van der Waals surface area contributed by atoms with Crippen LogP contribution in [0.3, 0.4) is 0 Å². The molecule has 1 aromatic heterocycles. The van der Waals surface area contributed by atoms with E-state index in [-0.39, 0.29) is 16.0 Å². The maximum atomic E-state index is 12.2. The predicted octanol–water partition coefficient (Wildman–Crippen LogP) is 2.92. The maximum absolute atomic E-state index is 12.2. The molecule has 1 N–H and O–H groups in total. The van der Waals surface area contributed by atoms with Crippen molar-refractivity contribution in [3.63, 3.8) is 0 Å². The van der Waals surface area contributed by atoms with Gasteiger partial charge in [0, 0.05) is 13.2 Å². The van der Waals surface area contributed by atoms with Gasteiger partial charge in [0.2, 0.25) is 0 Å². The first-order valence-electron chi connectivity index (χ1n) is 7.47. The normalized spacial score (nSPS) is 21.2. The highest BCUT2D eigenvalue weighted by molar-refractivity contribution is 6.32. The van der Waals surface area contributed by atoms with Crippen molar-refractivity contribution in [2.45, 2.75) is 52.1 Å². The summed E-state index contributed by atoms with van der Waals surface area (Å²) < 4.78 is 6.30. The molecule has 1 aliphatic carbocycles. The zero-order valence-electron chi connectivity index (χ0n) is 13.0. The molecular formula is C15H24ClN3O2. The van der Waals surface area contributed by atoms with Gasteiger partial charge in [-0.1, -0.05) is 38.3 Å². The van der Waals surface area contributed by atoms with Crippen molar-refractivity contribution >= 4 is 17.3 Å². The standard InChI is InChI=1S/C15H24ClN3O2/c1-15(2)7-5-4-6-12(15)18-11-10-17-19(8-9-21-3)14(20)13(11)16/h10,12,18H,4-9H2,1-3H3. The second-order valence-electron chi connectivity index (χ2n) is 6.32. The van der Waals surface area contributed by atoms with Crippen molar-refractivity contribution in [1.29, 1.82) is 0 Å². The van der Waals surface area contributed by atoms with Gasteiger partial charge in [-0.2, -0.15) is 5.10 Å². The highest BCUT2D eigenvalue weighted by atomic mass is 35.5. The number of nitrogens with zero attached hydrogens (tertiary/aromatic N) is 2. The van der Waals surface area contributed by atoms with Crippen LogP contribution in [-0.2, 0) is 11.3 Å². The molecule has 0 radical (unpaired) electrons. The van der Waals surface area contributed by atoms with Crippen molar-refractivity contribution in [2.75, 3.05) is 19.0 Å². The molecule has 118 valence electrons. The molecule has 0 aromatic carbocycles. The molecule has 1 fully saturated rings. The molecule has 2 rings (SSSR count). The number of halogens is 1. The molecular weight excluding hydrogens is 290 g/mol. The van der Waals surface area contributed by atoms with Crippen LogP contribution in [0.1, 0.15) is 39.5 Å². The molecule has 0 saturated heterocycles. The number of rotatable bonds is 5. The van der Waals surface area contributed by atoms with Crippen LogP contribution >= 0.6 is 11.6 Å². The minimum atomic E-state index is -0.271. The molecule has 0 spiro atoms. The second kappa shape index (κ2) is 6.79. The van der Waals surface area contributed by atoms with E-state index in [1.165, 1.54) is 23.9 Å². The van der Waals surface area contributed by atoms with Crippen LogP contribution in [0.5, 0.6) is 0 Å². The van der Waals surface area contributed by atoms with E-state index >= 15 is 0 Å². The summed E-state index contributed by atoms with van der Waals surface area (Å²) in [4.78, 5) is 12.2. The third kappa shape index (κ3) is 3.77. The lowest BCUT2D eigenvalue weighted by Crippen LogP contribution is -2.39. The largest absolute Gasteiger partial charge is 0.383 e. The van der Waals surface area contributed by atoms with Gasteiger partial charge >= 0.3 is 0 Å². The van der Waals surface area contributed by atoms with Crippen LogP contribution in [0, 0.1) is 5.41 Å². The fraction of sp³-hybridized carbons (Fsp3) is 0.733. The maximum Gasteiger partial charge on any atom is 0.287 e. The van der Waals surface area contributed by atoms with Crippen LogP contribution in [0.25, 0.3) is 0 Å². The second-order valence-corrected chi connectivity index (χ2v) is 6.70. The first-order chi connectivity index (χ1) is 9.95. The van der Waals surface area contributed by atoms with Gasteiger partial charge in [-0.15, -0.1) is 0 Å². The van der Waals surface area contributed by atoms with E-state index < -0.39 is 0 Å². The smallest absolute Gasteiger partial charge is 0.287 e. The zero-order valence-corrected chi connectivity index (χ0v) is 13.7. The molecule has 1 unspecified atom stereocenters. The number of anilines is 1. The molecule has 0 bridgehead atoms. The van der Waals surface area contributed by atoms with Crippen LogP contribution in [0.2, 0.25) is 5.02 Å². The number of ether oxygens (including phenoxy) is 1. The van der Waals surface area contributed by atoms with E-state index in [0.29, 0.717) is 24.9 Å². The summed E-state index contributed by atoms with van der Waals surface area (Å²) in [7, 11) is 1.59. The Balaban J connectivity index is 2.17. The van der Waals surface area contributed by atoms with Gasteiger partial charge in [0.1, 0.15) is 5.02 Å². The summed E-state index contributed by atoms with van der Waals surface area (Å²) in [5, 5.41) is 7.80. The Kier molecular flexibility index (Phi) is 5.27. The van der Waals surface area contributed by atoms with Gasteiger partial charge in [0.25, 0.3) is 5.56 Å². The zero-order chi connectivity index (χ0) is 15.5. The molecule has 1 atom stereocenters. The highest BCUT2D eigenvalue weighted by Gasteiger charge is 2.32. The summed E-state index contributed by atoms with van der Waals surface area (Å²) in [5.41, 5.74) is 0.564. The minimum Gasteiger partial charge on any atom is -0.383 e. The molecule has 1 heterocycles. The van der Waals surface area contributed by atoms with Crippen molar-refractivity contribution in [2.24, 2.45) is 5.41 Å².